The largest absolute Gasteiger partial charge is 0.472 e. The summed E-state index contributed by atoms with van der Waals surface area (Å²) in [4.78, 5) is 71.9. The molecule has 0 fully saturated rings. The third-order valence-electron chi connectivity index (χ3n) is 15.3. The molecule has 0 aliphatic carbocycles. The lowest BCUT2D eigenvalue weighted by molar-refractivity contribution is -0.161. The predicted octanol–water partition coefficient (Wildman–Crippen LogP) is 18.6. The third-order valence-corrected chi connectivity index (χ3v) is 17.2. The van der Waals surface area contributed by atoms with Gasteiger partial charge in [-0.1, -0.05) is 285 Å². The highest BCUT2D eigenvalue weighted by Gasteiger charge is 2.30. The summed E-state index contributed by atoms with van der Waals surface area (Å²) in [5.41, 5.74) is 0. The fraction of sp³-hybridized carbons (Fsp3) is 0.939. The highest BCUT2D eigenvalue weighted by atomic mass is 31.2. The average molecular weight is 1260 g/mol. The second-order valence-electron chi connectivity index (χ2n) is 24.3. The van der Waals surface area contributed by atoms with Crippen LogP contribution in [0.15, 0.2) is 0 Å². The Kier molecular flexibility index (Phi) is 58.3. The van der Waals surface area contributed by atoms with E-state index >= 15 is 0 Å². The number of carbonyl (C=O) groups is 4. The SMILES string of the molecule is CCCCCCCCCCCCCCCCC(=O)OC[C@H](COP(=O)(O)OC[C@@H](O)COP(=O)(O)OC[C@@H](COC(=O)CCCCCCC)OC(=O)CCCCCCCCC)OC(=O)CCCCCCCCCCCCCCCCCCC(C)C. The number of rotatable bonds is 66. The Hall–Kier alpha value is -1.94. The number of phosphoric ester groups is 2. The number of aliphatic hydroxyl groups excluding tert-OH is 1. The second kappa shape index (κ2) is 59.7. The fourth-order valence-electron chi connectivity index (χ4n) is 9.94. The van der Waals surface area contributed by atoms with Crippen LogP contribution in [-0.4, -0.2) is 96.7 Å². The number of ether oxygens (including phenoxy) is 4. The van der Waals surface area contributed by atoms with Gasteiger partial charge in [0, 0.05) is 25.7 Å². The van der Waals surface area contributed by atoms with E-state index in [1.54, 1.807) is 0 Å². The van der Waals surface area contributed by atoms with Crippen molar-refractivity contribution in [1.82, 2.24) is 0 Å². The van der Waals surface area contributed by atoms with Gasteiger partial charge in [-0.25, -0.2) is 9.13 Å². The molecule has 504 valence electrons. The molecule has 0 amide bonds. The molecule has 3 N–H and O–H groups in total. The molecule has 5 atom stereocenters. The van der Waals surface area contributed by atoms with E-state index in [0.29, 0.717) is 25.7 Å². The monoisotopic (exact) mass is 1250 g/mol. The standard InChI is InChI=1S/C66H128O17P2/c1-6-9-12-15-17-18-19-20-26-29-32-36-40-45-50-64(69)77-56-62(83-66(71)52-47-42-37-33-30-27-24-22-21-23-25-28-31-35-39-43-48-59(4)5)58-81-85(74,75)79-54-60(67)53-78-84(72,73)80-57-61(55-76-63(68)49-44-38-14-11-8-3)82-65(70)51-46-41-34-16-13-10-7-2/h59-62,67H,6-58H2,1-5H3,(H,72,73)(H,74,75)/t60-,61+,62+/m0/s1. The van der Waals surface area contributed by atoms with Gasteiger partial charge in [0.05, 0.1) is 26.4 Å². The van der Waals surface area contributed by atoms with Gasteiger partial charge in [0.15, 0.2) is 12.2 Å². The predicted molar refractivity (Wildman–Crippen MR) is 340 cm³/mol. The van der Waals surface area contributed by atoms with Gasteiger partial charge in [-0.3, -0.25) is 37.3 Å². The molecule has 85 heavy (non-hydrogen) atoms. The van der Waals surface area contributed by atoms with Crippen LogP contribution < -0.4 is 0 Å². The van der Waals surface area contributed by atoms with E-state index in [9.17, 15) is 43.2 Å². The molecule has 0 saturated heterocycles. The van der Waals surface area contributed by atoms with Gasteiger partial charge in [-0.05, 0) is 31.6 Å². The van der Waals surface area contributed by atoms with Crippen molar-refractivity contribution in [3.8, 4) is 0 Å². The minimum absolute atomic E-state index is 0.103. The van der Waals surface area contributed by atoms with Crippen LogP contribution in [0.1, 0.15) is 336 Å². The molecule has 19 heteroatoms. The Bertz CT molecular complexity index is 1650. The van der Waals surface area contributed by atoms with E-state index in [4.69, 9.17) is 37.0 Å². The van der Waals surface area contributed by atoms with Crippen molar-refractivity contribution in [2.45, 2.75) is 355 Å². The first-order chi connectivity index (χ1) is 41.0. The van der Waals surface area contributed by atoms with E-state index in [-0.39, 0.29) is 25.7 Å². The molecule has 0 aliphatic heterocycles. The Morgan fingerprint density at radius 2 is 0.541 bits per heavy atom. The molecule has 0 rings (SSSR count). The normalized spacial score (nSPS) is 14.2. The molecular weight excluding hydrogens is 1130 g/mol. The number of esters is 4. The van der Waals surface area contributed by atoms with Crippen molar-refractivity contribution in [1.29, 1.82) is 0 Å². The molecule has 0 radical (unpaired) electrons. The Labute approximate surface area is 517 Å². The van der Waals surface area contributed by atoms with Gasteiger partial charge < -0.3 is 33.8 Å². The lowest BCUT2D eigenvalue weighted by atomic mass is 10.0. The zero-order chi connectivity index (χ0) is 62.8. The van der Waals surface area contributed by atoms with Crippen molar-refractivity contribution in [3.63, 3.8) is 0 Å². The smallest absolute Gasteiger partial charge is 0.462 e. The molecule has 0 heterocycles. The zero-order valence-corrected chi connectivity index (χ0v) is 56.5. The van der Waals surface area contributed by atoms with Crippen molar-refractivity contribution < 1.29 is 80.2 Å². The summed E-state index contributed by atoms with van der Waals surface area (Å²) in [7, 11) is -9.87. The minimum Gasteiger partial charge on any atom is -0.462 e. The molecule has 0 aromatic rings. The lowest BCUT2D eigenvalue weighted by Gasteiger charge is -2.21. The van der Waals surface area contributed by atoms with Crippen molar-refractivity contribution in [2.75, 3.05) is 39.6 Å². The van der Waals surface area contributed by atoms with Crippen LogP contribution in [-0.2, 0) is 65.4 Å². The van der Waals surface area contributed by atoms with Gasteiger partial charge in [0.1, 0.15) is 19.3 Å². The maximum absolute atomic E-state index is 13.0. The third kappa shape index (κ3) is 60.7. The van der Waals surface area contributed by atoms with Gasteiger partial charge >= 0.3 is 39.5 Å². The van der Waals surface area contributed by atoms with E-state index in [0.717, 1.165) is 115 Å². The average Bonchev–Trinajstić information content (AvgIpc) is 3.58. The number of aliphatic hydroxyl groups is 1. The zero-order valence-electron chi connectivity index (χ0n) is 54.7. The van der Waals surface area contributed by atoms with Crippen LogP contribution in [0, 0.1) is 5.92 Å². The first-order valence-electron chi connectivity index (χ1n) is 34.6. The van der Waals surface area contributed by atoms with Crippen LogP contribution in [0.4, 0.5) is 0 Å². The van der Waals surface area contributed by atoms with Gasteiger partial charge in [0.25, 0.3) is 0 Å². The van der Waals surface area contributed by atoms with Crippen molar-refractivity contribution in [2.24, 2.45) is 5.92 Å². The molecular formula is C66H128O17P2. The molecule has 2 unspecified atom stereocenters. The summed E-state index contributed by atoms with van der Waals surface area (Å²) in [6.07, 6.45) is 45.0. The lowest BCUT2D eigenvalue weighted by Crippen LogP contribution is -2.30. The molecule has 0 bridgehead atoms. The first-order valence-corrected chi connectivity index (χ1v) is 37.6. The van der Waals surface area contributed by atoms with Crippen LogP contribution in [0.25, 0.3) is 0 Å². The summed E-state index contributed by atoms with van der Waals surface area (Å²) < 4.78 is 67.8. The molecule has 0 aliphatic rings. The summed E-state index contributed by atoms with van der Waals surface area (Å²) in [6, 6.07) is 0. The van der Waals surface area contributed by atoms with E-state index in [1.165, 1.54) is 141 Å². The van der Waals surface area contributed by atoms with Gasteiger partial charge in [-0.2, -0.15) is 0 Å². The highest BCUT2D eigenvalue weighted by molar-refractivity contribution is 7.47. The second-order valence-corrected chi connectivity index (χ2v) is 27.2. The van der Waals surface area contributed by atoms with Gasteiger partial charge in [-0.15, -0.1) is 0 Å². The van der Waals surface area contributed by atoms with Crippen LogP contribution >= 0.6 is 15.6 Å². The fourth-order valence-corrected chi connectivity index (χ4v) is 11.5. The summed E-state index contributed by atoms with van der Waals surface area (Å²) in [5, 5.41) is 10.5. The highest BCUT2D eigenvalue weighted by Crippen LogP contribution is 2.45. The summed E-state index contributed by atoms with van der Waals surface area (Å²) in [5.74, 6) is -1.33. The van der Waals surface area contributed by atoms with E-state index in [1.807, 2.05) is 0 Å². The van der Waals surface area contributed by atoms with E-state index in [2.05, 4.69) is 34.6 Å². The first kappa shape index (κ1) is 83.1. The quantitative estimate of drug-likeness (QED) is 0.0222. The van der Waals surface area contributed by atoms with E-state index < -0.39 is 97.5 Å². The van der Waals surface area contributed by atoms with Gasteiger partial charge in [0.2, 0.25) is 0 Å². The Morgan fingerprint density at radius 3 is 0.800 bits per heavy atom. The molecule has 0 aromatic heterocycles. The number of carbonyl (C=O) groups excluding carboxylic acids is 4. The van der Waals surface area contributed by atoms with Crippen molar-refractivity contribution >= 4 is 39.5 Å². The van der Waals surface area contributed by atoms with Crippen LogP contribution in [0.5, 0.6) is 0 Å². The molecule has 0 aromatic carbocycles. The topological polar surface area (TPSA) is 237 Å². The summed E-state index contributed by atoms with van der Waals surface area (Å²) >= 11 is 0. The molecule has 0 saturated carbocycles. The van der Waals surface area contributed by atoms with Crippen LogP contribution in [0.3, 0.4) is 0 Å². The summed E-state index contributed by atoms with van der Waals surface area (Å²) in [6.45, 7) is 7.11. The number of phosphoric acid groups is 2. The maximum Gasteiger partial charge on any atom is 0.472 e. The molecule has 0 spiro atoms. The minimum atomic E-state index is -4.94. The number of hydrogen-bond acceptors (Lipinski definition) is 15. The molecule has 17 nitrogen and oxygen atoms in total. The van der Waals surface area contributed by atoms with Crippen LogP contribution in [0.2, 0.25) is 0 Å². The number of hydrogen-bond donors (Lipinski definition) is 3. The Balaban J connectivity index is 5.11. The maximum atomic E-state index is 13.0. The van der Waals surface area contributed by atoms with Crippen molar-refractivity contribution in [3.05, 3.63) is 0 Å². The Morgan fingerprint density at radius 1 is 0.318 bits per heavy atom. The number of unbranched alkanes of at least 4 members (excludes halogenated alkanes) is 38.